The Morgan fingerprint density at radius 3 is 1.97 bits per heavy atom. The quantitative estimate of drug-likeness (QED) is 0.159. The summed E-state index contributed by atoms with van der Waals surface area (Å²) in [5, 5.41) is 76.5. The molecular weight excluding hydrogens is 434 g/mol. The first-order valence-corrected chi connectivity index (χ1v) is 10.1. The van der Waals surface area contributed by atoms with E-state index in [0.717, 1.165) is 5.56 Å². The number of hydrogen-bond donors (Lipinski definition) is 9. The summed E-state index contributed by atoms with van der Waals surface area (Å²) in [5.41, 5.74) is 0.809. The molecule has 1 aromatic rings. The highest BCUT2D eigenvalue weighted by Crippen LogP contribution is 2.27. The van der Waals surface area contributed by atoms with Crippen LogP contribution in [-0.2, 0) is 20.6 Å². The topological polar surface area (TPSA) is 203 Å². The monoisotopic (exact) mass is 464 g/mol. The summed E-state index contributed by atoms with van der Waals surface area (Å²) in [6, 6.07) is 6.51. The summed E-state index contributed by atoms with van der Waals surface area (Å²) in [7, 11) is 0. The molecule has 0 amide bonds. The van der Waals surface area contributed by atoms with Crippen LogP contribution in [0.4, 0.5) is 0 Å². The molecule has 0 saturated carbocycles. The molecule has 0 unspecified atom stereocenters. The number of aliphatic hydroxyl groups excluding tert-OH is 6. The lowest BCUT2D eigenvalue weighted by Gasteiger charge is -2.40. The molecule has 0 aromatic heterocycles. The number of hydrogen-bond acceptors (Lipinski definition) is 12. The molecule has 9 atom stereocenters. The van der Waals surface area contributed by atoms with Gasteiger partial charge in [-0.05, 0) is 17.7 Å². The third kappa shape index (κ3) is 5.91. The molecule has 0 spiro atoms. The average molecular weight is 464 g/mol. The van der Waals surface area contributed by atoms with Crippen LogP contribution < -0.4 is 9.96 Å². The van der Waals surface area contributed by atoms with Gasteiger partial charge in [-0.2, -0.15) is 10.4 Å². The van der Waals surface area contributed by atoms with Gasteiger partial charge in [-0.25, -0.2) is 0 Å². The predicted octanol–water partition coefficient (Wildman–Crippen LogP) is -4.47. The SMILES string of the molecule is OC[C@H]1O[C@@H](OC[C@@H]2O[C@H](Oc3ccc(CC[NH+](O)O)cc3)[C@@H](O)[C@H](O)[C@H]2O)[C@@H](O)[C@H]1O. The third-order valence-corrected chi connectivity index (χ3v) is 5.40. The first-order valence-electron chi connectivity index (χ1n) is 10.1. The maximum Gasteiger partial charge on any atom is 0.229 e. The summed E-state index contributed by atoms with van der Waals surface area (Å²) < 4.78 is 21.7. The summed E-state index contributed by atoms with van der Waals surface area (Å²) >= 11 is 0. The molecule has 2 aliphatic heterocycles. The zero-order chi connectivity index (χ0) is 23.4. The van der Waals surface area contributed by atoms with E-state index in [0.29, 0.717) is 12.2 Å². The number of ether oxygens (including phenoxy) is 4. The van der Waals surface area contributed by atoms with Crippen LogP contribution >= 0.6 is 0 Å². The Morgan fingerprint density at radius 2 is 1.38 bits per heavy atom. The normalized spacial score (nSPS) is 37.7. The van der Waals surface area contributed by atoms with E-state index < -0.39 is 67.1 Å². The van der Waals surface area contributed by atoms with Crippen LogP contribution in [0.5, 0.6) is 5.75 Å². The lowest BCUT2D eigenvalue weighted by molar-refractivity contribution is -1.24. The van der Waals surface area contributed by atoms with Crippen LogP contribution in [0.1, 0.15) is 5.56 Å². The Morgan fingerprint density at radius 1 is 0.781 bits per heavy atom. The molecule has 2 heterocycles. The van der Waals surface area contributed by atoms with Crippen LogP contribution in [0, 0.1) is 0 Å². The van der Waals surface area contributed by atoms with E-state index in [4.69, 9.17) is 34.5 Å². The lowest BCUT2D eigenvalue weighted by atomic mass is 9.99. The van der Waals surface area contributed by atoms with E-state index >= 15 is 0 Å². The largest absolute Gasteiger partial charge is 0.462 e. The Kier molecular flexibility index (Phi) is 8.74. The van der Waals surface area contributed by atoms with Gasteiger partial charge in [0.25, 0.3) is 0 Å². The second kappa shape index (κ2) is 11.1. The van der Waals surface area contributed by atoms with Crippen molar-refractivity contribution in [3.63, 3.8) is 0 Å². The highest BCUT2D eigenvalue weighted by atomic mass is 16.8. The van der Waals surface area contributed by atoms with Crippen molar-refractivity contribution in [2.45, 2.75) is 61.7 Å². The van der Waals surface area contributed by atoms with Crippen LogP contribution in [0.15, 0.2) is 24.3 Å². The second-order valence-electron chi connectivity index (χ2n) is 7.73. The van der Waals surface area contributed by atoms with Crippen LogP contribution in [-0.4, -0.2) is 116 Å². The molecule has 9 N–H and O–H groups in total. The summed E-state index contributed by atoms with van der Waals surface area (Å²) in [6.45, 7) is -0.816. The standard InChI is InChI=1S/C19H29NO12/c21-7-11-13(22)16(25)18(31-11)29-8-12-14(23)15(24)17(26)19(32-12)30-10-3-1-9(2-4-10)5-6-20(27)28/h1-4,11-19,21-28H,5-8H2/p+1/t11-,12+,13+,14+,15-,16+,17+,18-,19+/m1/s1. The van der Waals surface area contributed by atoms with E-state index in [2.05, 4.69) is 0 Å². The smallest absolute Gasteiger partial charge is 0.229 e. The van der Waals surface area contributed by atoms with E-state index in [1.54, 1.807) is 24.3 Å². The fourth-order valence-corrected chi connectivity index (χ4v) is 3.47. The minimum Gasteiger partial charge on any atom is -0.462 e. The van der Waals surface area contributed by atoms with Crippen molar-refractivity contribution in [2.24, 2.45) is 0 Å². The zero-order valence-corrected chi connectivity index (χ0v) is 17.0. The van der Waals surface area contributed by atoms with Crippen molar-refractivity contribution in [1.82, 2.24) is 0 Å². The van der Waals surface area contributed by atoms with Gasteiger partial charge in [0.1, 0.15) is 55.0 Å². The van der Waals surface area contributed by atoms with Crippen LogP contribution in [0.25, 0.3) is 0 Å². The average Bonchev–Trinajstić information content (AvgIpc) is 3.06. The van der Waals surface area contributed by atoms with E-state index in [1.165, 1.54) is 0 Å². The number of nitrogens with one attached hydrogen (secondary N) is 1. The Labute approximate surface area is 183 Å². The zero-order valence-electron chi connectivity index (χ0n) is 17.0. The van der Waals surface area contributed by atoms with Crippen molar-refractivity contribution in [3.8, 4) is 5.75 Å². The van der Waals surface area contributed by atoms with Crippen molar-refractivity contribution < 1.29 is 65.2 Å². The molecular formula is C19H30NO12+. The minimum absolute atomic E-state index is 0.0892. The molecule has 182 valence electrons. The van der Waals surface area contributed by atoms with Gasteiger partial charge in [-0.3, -0.25) is 0 Å². The number of rotatable bonds is 9. The van der Waals surface area contributed by atoms with Gasteiger partial charge in [0, 0.05) is 6.42 Å². The molecule has 0 aliphatic carbocycles. The van der Waals surface area contributed by atoms with Gasteiger partial charge in [0.05, 0.1) is 13.2 Å². The predicted molar refractivity (Wildman–Crippen MR) is 101 cm³/mol. The number of hydroxylamine groups is 2. The Hall–Kier alpha value is -1.46. The molecule has 0 bridgehead atoms. The lowest BCUT2D eigenvalue weighted by Crippen LogP contribution is -3.07. The molecule has 2 saturated heterocycles. The van der Waals surface area contributed by atoms with Gasteiger partial charge in [0.15, 0.2) is 6.29 Å². The fraction of sp³-hybridized carbons (Fsp3) is 0.684. The number of quaternary nitrogens is 1. The number of aliphatic hydroxyl groups is 6. The molecule has 0 radical (unpaired) electrons. The van der Waals surface area contributed by atoms with Gasteiger partial charge >= 0.3 is 0 Å². The second-order valence-corrected chi connectivity index (χ2v) is 7.73. The van der Waals surface area contributed by atoms with Gasteiger partial charge in [0.2, 0.25) is 6.29 Å². The summed E-state index contributed by atoms with van der Waals surface area (Å²) in [4.78, 5) is 0. The van der Waals surface area contributed by atoms with Gasteiger partial charge in [-0.1, -0.05) is 17.4 Å². The molecule has 13 heteroatoms. The van der Waals surface area contributed by atoms with Crippen molar-refractivity contribution in [1.29, 1.82) is 0 Å². The van der Waals surface area contributed by atoms with Crippen molar-refractivity contribution >= 4 is 0 Å². The number of benzene rings is 1. The Bertz CT molecular complexity index is 706. The summed E-state index contributed by atoms with van der Waals surface area (Å²) in [6.07, 6.45) is -11.9. The minimum atomic E-state index is -1.62. The van der Waals surface area contributed by atoms with Crippen LogP contribution in [0.2, 0.25) is 0 Å². The molecule has 2 aliphatic rings. The van der Waals surface area contributed by atoms with Crippen molar-refractivity contribution in [3.05, 3.63) is 29.8 Å². The van der Waals surface area contributed by atoms with Crippen molar-refractivity contribution in [2.75, 3.05) is 19.8 Å². The Balaban J connectivity index is 1.58. The van der Waals surface area contributed by atoms with Gasteiger partial charge in [-0.15, -0.1) is 0 Å². The maximum absolute atomic E-state index is 10.2. The first kappa shape index (κ1) is 25.2. The summed E-state index contributed by atoms with van der Waals surface area (Å²) in [5.74, 6) is 0.293. The maximum atomic E-state index is 10.2. The molecule has 13 nitrogen and oxygen atoms in total. The van der Waals surface area contributed by atoms with E-state index in [9.17, 15) is 25.5 Å². The van der Waals surface area contributed by atoms with Crippen LogP contribution in [0.3, 0.4) is 0 Å². The van der Waals surface area contributed by atoms with Gasteiger partial charge < -0.3 is 49.6 Å². The molecule has 2 fully saturated rings. The van der Waals surface area contributed by atoms with E-state index in [1.807, 2.05) is 0 Å². The molecule has 1 aromatic carbocycles. The van der Waals surface area contributed by atoms with E-state index in [-0.39, 0.29) is 13.2 Å². The third-order valence-electron chi connectivity index (χ3n) is 5.40. The highest BCUT2D eigenvalue weighted by Gasteiger charge is 2.47. The fourth-order valence-electron chi connectivity index (χ4n) is 3.47. The first-order chi connectivity index (χ1) is 15.2. The highest BCUT2D eigenvalue weighted by molar-refractivity contribution is 5.27. The molecule has 3 rings (SSSR count). The molecule has 32 heavy (non-hydrogen) atoms.